The topological polar surface area (TPSA) is 81.4 Å². The fourth-order valence-corrected chi connectivity index (χ4v) is 3.58. The van der Waals surface area contributed by atoms with Crippen molar-refractivity contribution >= 4 is 10.0 Å². The summed E-state index contributed by atoms with van der Waals surface area (Å²) in [5.74, 6) is -0.600. The molecule has 0 spiro atoms. The van der Waals surface area contributed by atoms with Gasteiger partial charge in [0.25, 0.3) is 0 Å². The third kappa shape index (κ3) is 3.50. The highest BCUT2D eigenvalue weighted by atomic mass is 32.2. The Kier molecular flexibility index (Phi) is 4.51. The van der Waals surface area contributed by atoms with Gasteiger partial charge in [0.05, 0.1) is 11.5 Å². The van der Waals surface area contributed by atoms with E-state index in [1.54, 1.807) is 0 Å². The predicted octanol–water partition coefficient (Wildman–Crippen LogP) is 0.742. The first kappa shape index (κ1) is 14.4. The third-order valence-corrected chi connectivity index (χ3v) is 4.62. The van der Waals surface area contributed by atoms with E-state index in [0.717, 1.165) is 12.5 Å². The standard InChI is InChI=1S/C12H17FN2O3S/c13-10-4-3-9(7-14)12(6-10)19(16,17)15-11-2-1-5-18-8-11/h3-4,6,11,15H,1-2,5,7-8,14H2. The van der Waals surface area contributed by atoms with Gasteiger partial charge in [0.15, 0.2) is 0 Å². The minimum absolute atomic E-state index is 0.0394. The van der Waals surface area contributed by atoms with Gasteiger partial charge in [0.1, 0.15) is 5.82 Å². The molecule has 1 fully saturated rings. The number of hydrogen-bond acceptors (Lipinski definition) is 4. The van der Waals surface area contributed by atoms with E-state index in [2.05, 4.69) is 4.72 Å². The van der Waals surface area contributed by atoms with Gasteiger partial charge in [0.2, 0.25) is 10.0 Å². The normalized spacial score (nSPS) is 20.4. The molecule has 1 aliphatic heterocycles. The summed E-state index contributed by atoms with van der Waals surface area (Å²) in [6, 6.07) is 3.31. The van der Waals surface area contributed by atoms with Crippen molar-refractivity contribution < 1.29 is 17.5 Å². The van der Waals surface area contributed by atoms with Crippen LogP contribution in [0, 0.1) is 5.82 Å². The van der Waals surface area contributed by atoms with Gasteiger partial charge in [-0.15, -0.1) is 0 Å². The maximum absolute atomic E-state index is 13.2. The van der Waals surface area contributed by atoms with E-state index < -0.39 is 15.8 Å². The summed E-state index contributed by atoms with van der Waals surface area (Å²) in [5, 5.41) is 0. The maximum Gasteiger partial charge on any atom is 0.241 e. The number of sulfonamides is 1. The van der Waals surface area contributed by atoms with Gasteiger partial charge >= 0.3 is 0 Å². The lowest BCUT2D eigenvalue weighted by Crippen LogP contribution is -2.40. The fourth-order valence-electron chi connectivity index (χ4n) is 2.06. The second kappa shape index (κ2) is 5.96. The number of nitrogens with one attached hydrogen (secondary N) is 1. The van der Waals surface area contributed by atoms with Crippen LogP contribution in [0.3, 0.4) is 0 Å². The Morgan fingerprint density at radius 2 is 2.26 bits per heavy atom. The van der Waals surface area contributed by atoms with Crippen molar-refractivity contribution in [3.8, 4) is 0 Å². The minimum Gasteiger partial charge on any atom is -0.380 e. The highest BCUT2D eigenvalue weighted by Crippen LogP contribution is 2.18. The van der Waals surface area contributed by atoms with Gasteiger partial charge < -0.3 is 10.5 Å². The Balaban J connectivity index is 2.25. The van der Waals surface area contributed by atoms with E-state index in [-0.39, 0.29) is 17.5 Å². The SMILES string of the molecule is NCc1ccc(F)cc1S(=O)(=O)NC1CCCOC1. The zero-order chi connectivity index (χ0) is 13.9. The molecule has 1 heterocycles. The molecule has 19 heavy (non-hydrogen) atoms. The average molecular weight is 288 g/mol. The summed E-state index contributed by atoms with van der Waals surface area (Å²) in [4.78, 5) is -0.0967. The highest BCUT2D eigenvalue weighted by molar-refractivity contribution is 7.89. The van der Waals surface area contributed by atoms with Crippen molar-refractivity contribution in [1.29, 1.82) is 0 Å². The molecule has 7 heteroatoms. The van der Waals surface area contributed by atoms with Crippen LogP contribution in [-0.2, 0) is 21.3 Å². The van der Waals surface area contributed by atoms with Crippen LogP contribution in [0.15, 0.2) is 23.1 Å². The van der Waals surface area contributed by atoms with Gasteiger partial charge in [-0.05, 0) is 30.5 Å². The molecule has 3 N–H and O–H groups in total. The van der Waals surface area contributed by atoms with Crippen LogP contribution in [0.25, 0.3) is 0 Å². The second-order valence-corrected chi connectivity index (χ2v) is 6.17. The summed E-state index contributed by atoms with van der Waals surface area (Å²) in [6.45, 7) is 1.02. The van der Waals surface area contributed by atoms with Crippen LogP contribution in [0.2, 0.25) is 0 Å². The van der Waals surface area contributed by atoms with E-state index in [1.165, 1.54) is 12.1 Å². The van der Waals surface area contributed by atoms with Gasteiger partial charge in [-0.2, -0.15) is 0 Å². The van der Waals surface area contributed by atoms with Crippen LogP contribution >= 0.6 is 0 Å². The summed E-state index contributed by atoms with van der Waals surface area (Å²) in [6.07, 6.45) is 1.52. The molecule has 1 saturated heterocycles. The first-order valence-electron chi connectivity index (χ1n) is 6.11. The van der Waals surface area contributed by atoms with Crippen LogP contribution in [0.1, 0.15) is 18.4 Å². The number of benzene rings is 1. The molecule has 0 aromatic heterocycles. The minimum atomic E-state index is -3.78. The number of ether oxygens (including phenoxy) is 1. The Labute approximate surface area is 112 Å². The van der Waals surface area contributed by atoms with Gasteiger partial charge in [0, 0.05) is 19.2 Å². The smallest absolute Gasteiger partial charge is 0.241 e. The van der Waals surface area contributed by atoms with Crippen molar-refractivity contribution in [3.05, 3.63) is 29.6 Å². The molecule has 0 radical (unpaired) electrons. The molecule has 106 valence electrons. The Hall–Kier alpha value is -1.02. The second-order valence-electron chi connectivity index (χ2n) is 4.49. The largest absolute Gasteiger partial charge is 0.380 e. The maximum atomic E-state index is 13.2. The summed E-state index contributed by atoms with van der Waals surface area (Å²) < 4.78 is 45.5. The molecule has 1 unspecified atom stereocenters. The van der Waals surface area contributed by atoms with E-state index in [9.17, 15) is 12.8 Å². The Bertz CT molecular complexity index is 542. The lowest BCUT2D eigenvalue weighted by Gasteiger charge is -2.23. The Morgan fingerprint density at radius 1 is 1.47 bits per heavy atom. The average Bonchev–Trinajstić information content (AvgIpc) is 2.39. The number of nitrogens with two attached hydrogens (primary N) is 1. The molecule has 2 rings (SSSR count). The molecule has 0 saturated carbocycles. The third-order valence-electron chi connectivity index (χ3n) is 3.02. The van der Waals surface area contributed by atoms with E-state index in [1.807, 2.05) is 0 Å². The van der Waals surface area contributed by atoms with Crippen LogP contribution in [0.5, 0.6) is 0 Å². The molecule has 0 amide bonds. The van der Waals surface area contributed by atoms with Gasteiger partial charge in [-0.3, -0.25) is 0 Å². The van der Waals surface area contributed by atoms with Crippen LogP contribution in [-0.4, -0.2) is 27.7 Å². The van der Waals surface area contributed by atoms with Gasteiger partial charge in [-0.25, -0.2) is 17.5 Å². The Morgan fingerprint density at radius 3 is 2.89 bits per heavy atom. The molecule has 5 nitrogen and oxygen atoms in total. The van der Waals surface area contributed by atoms with Crippen molar-refractivity contribution in [2.24, 2.45) is 5.73 Å². The quantitative estimate of drug-likeness (QED) is 0.856. The predicted molar refractivity (Wildman–Crippen MR) is 68.5 cm³/mol. The first-order valence-corrected chi connectivity index (χ1v) is 7.60. The molecule has 1 aromatic rings. The first-order chi connectivity index (χ1) is 9.03. The number of rotatable bonds is 4. The van der Waals surface area contributed by atoms with Crippen LogP contribution in [0.4, 0.5) is 4.39 Å². The molecule has 0 bridgehead atoms. The zero-order valence-electron chi connectivity index (χ0n) is 10.4. The monoisotopic (exact) mass is 288 g/mol. The van der Waals surface area contributed by atoms with Gasteiger partial charge in [-0.1, -0.05) is 6.07 Å². The van der Waals surface area contributed by atoms with E-state index in [4.69, 9.17) is 10.5 Å². The summed E-state index contributed by atoms with van der Waals surface area (Å²) >= 11 is 0. The molecule has 1 aromatic carbocycles. The number of halogens is 1. The lowest BCUT2D eigenvalue weighted by atomic mass is 10.1. The van der Waals surface area contributed by atoms with Crippen LogP contribution < -0.4 is 10.5 Å². The summed E-state index contributed by atoms with van der Waals surface area (Å²) in [5.41, 5.74) is 5.89. The number of hydrogen-bond donors (Lipinski definition) is 2. The molecular weight excluding hydrogens is 271 g/mol. The van der Waals surface area contributed by atoms with Crippen molar-refractivity contribution in [3.63, 3.8) is 0 Å². The molecule has 1 atom stereocenters. The van der Waals surface area contributed by atoms with Crippen molar-refractivity contribution in [2.75, 3.05) is 13.2 Å². The van der Waals surface area contributed by atoms with Crippen molar-refractivity contribution in [2.45, 2.75) is 30.3 Å². The lowest BCUT2D eigenvalue weighted by molar-refractivity contribution is 0.0774. The molecule has 0 aliphatic carbocycles. The van der Waals surface area contributed by atoms with Crippen molar-refractivity contribution in [1.82, 2.24) is 4.72 Å². The molecular formula is C12H17FN2O3S. The zero-order valence-corrected chi connectivity index (χ0v) is 11.2. The fraction of sp³-hybridized carbons (Fsp3) is 0.500. The summed E-state index contributed by atoms with van der Waals surface area (Å²) in [7, 11) is -3.78. The highest BCUT2D eigenvalue weighted by Gasteiger charge is 2.24. The molecule has 1 aliphatic rings. The van der Waals surface area contributed by atoms with E-state index >= 15 is 0 Å². The van der Waals surface area contributed by atoms with E-state index in [0.29, 0.717) is 25.2 Å².